The van der Waals surface area contributed by atoms with Crippen LogP contribution in [-0.2, 0) is 11.3 Å². The van der Waals surface area contributed by atoms with Crippen molar-refractivity contribution in [2.75, 3.05) is 13.2 Å². The molecule has 0 saturated carbocycles. The zero-order valence-electron chi connectivity index (χ0n) is 20.4. The summed E-state index contributed by atoms with van der Waals surface area (Å²) in [5.41, 5.74) is 3.07. The van der Waals surface area contributed by atoms with Crippen LogP contribution in [0.25, 0.3) is 0 Å². The highest BCUT2D eigenvalue weighted by Crippen LogP contribution is 2.35. The summed E-state index contributed by atoms with van der Waals surface area (Å²) in [6.07, 6.45) is 2.61. The normalized spacial score (nSPS) is 12.3. The minimum Gasteiger partial charge on any atom is -0.396 e. The van der Waals surface area contributed by atoms with Crippen LogP contribution >= 0.6 is 35.0 Å². The quantitative estimate of drug-likeness (QED) is 0.243. The van der Waals surface area contributed by atoms with Crippen LogP contribution in [0.3, 0.4) is 0 Å². The summed E-state index contributed by atoms with van der Waals surface area (Å²) in [6, 6.07) is 15.6. The number of hydrogen-bond donors (Lipinski definition) is 1. The van der Waals surface area contributed by atoms with Crippen LogP contribution in [0.1, 0.15) is 59.4 Å². The number of nitrogens with zero attached hydrogens (tertiary/aromatic N) is 1. The molecule has 2 aromatic carbocycles. The Morgan fingerprint density at radius 1 is 1.06 bits per heavy atom. The Labute approximate surface area is 214 Å². The van der Waals surface area contributed by atoms with Crippen LogP contribution in [-0.4, -0.2) is 24.0 Å². The van der Waals surface area contributed by atoms with Gasteiger partial charge >= 0.3 is 0 Å². The van der Waals surface area contributed by atoms with E-state index >= 15 is 0 Å². The lowest BCUT2D eigenvalue weighted by atomic mass is 10.1. The molecule has 0 aliphatic rings. The Bertz CT molecular complexity index is 863. The fourth-order valence-electron chi connectivity index (χ4n) is 2.91. The SMILES string of the molecule is C/C(Sc1cc(Cl)cc(Cl)c1)=C(\N=C(CCCO)COCc1ccccc1)C(C)C.CCC. The van der Waals surface area contributed by atoms with Crippen molar-refractivity contribution in [3.63, 3.8) is 0 Å². The Balaban J connectivity index is 0.00000172. The van der Waals surface area contributed by atoms with Crippen molar-refractivity contribution in [2.45, 2.75) is 65.4 Å². The van der Waals surface area contributed by atoms with Crippen molar-refractivity contribution >= 4 is 40.7 Å². The van der Waals surface area contributed by atoms with Gasteiger partial charge < -0.3 is 9.84 Å². The number of benzene rings is 2. The fraction of sp³-hybridized carbons (Fsp3) is 0.444. The van der Waals surface area contributed by atoms with Gasteiger partial charge in [-0.05, 0) is 49.4 Å². The van der Waals surface area contributed by atoms with Gasteiger partial charge in [-0.3, -0.25) is 4.99 Å². The molecular formula is C27H37Cl2NO2S. The van der Waals surface area contributed by atoms with Gasteiger partial charge in [0.2, 0.25) is 0 Å². The molecule has 0 amide bonds. The summed E-state index contributed by atoms with van der Waals surface area (Å²) < 4.78 is 5.91. The molecule has 0 spiro atoms. The lowest BCUT2D eigenvalue weighted by Crippen LogP contribution is -2.12. The van der Waals surface area contributed by atoms with E-state index in [0.29, 0.717) is 36.1 Å². The van der Waals surface area contributed by atoms with E-state index < -0.39 is 0 Å². The summed E-state index contributed by atoms with van der Waals surface area (Å²) in [4.78, 5) is 7.03. The van der Waals surface area contributed by atoms with Gasteiger partial charge in [0.1, 0.15) is 0 Å². The maximum absolute atomic E-state index is 9.28. The topological polar surface area (TPSA) is 41.8 Å². The van der Waals surface area contributed by atoms with Gasteiger partial charge in [-0.1, -0.05) is 99.4 Å². The number of aliphatic imine (C=N–C) groups is 1. The first-order chi connectivity index (χ1) is 15.8. The Morgan fingerprint density at radius 2 is 1.67 bits per heavy atom. The van der Waals surface area contributed by atoms with Crippen molar-refractivity contribution in [3.8, 4) is 0 Å². The molecule has 2 aromatic rings. The molecule has 0 atom stereocenters. The monoisotopic (exact) mass is 509 g/mol. The lowest BCUT2D eigenvalue weighted by Gasteiger charge is -2.15. The maximum atomic E-state index is 9.28. The Hall–Kier alpha value is -1.30. The van der Waals surface area contributed by atoms with Gasteiger partial charge in [0.15, 0.2) is 0 Å². The van der Waals surface area contributed by atoms with Crippen molar-refractivity contribution < 1.29 is 9.84 Å². The smallest absolute Gasteiger partial charge is 0.0853 e. The second-order valence-corrected chi connectivity index (χ2v) is 10.2. The van der Waals surface area contributed by atoms with Crippen LogP contribution in [0.15, 0.2) is 69.0 Å². The number of ether oxygens (including phenoxy) is 1. The van der Waals surface area contributed by atoms with Gasteiger partial charge in [0.25, 0.3) is 0 Å². The Morgan fingerprint density at radius 3 is 2.21 bits per heavy atom. The molecule has 0 fully saturated rings. The maximum Gasteiger partial charge on any atom is 0.0853 e. The summed E-state index contributed by atoms with van der Waals surface area (Å²) in [6.45, 7) is 11.7. The van der Waals surface area contributed by atoms with E-state index in [4.69, 9.17) is 32.9 Å². The average Bonchev–Trinajstić information content (AvgIpc) is 2.75. The molecule has 3 nitrogen and oxygen atoms in total. The second kappa shape index (κ2) is 17.2. The number of allylic oxidation sites excluding steroid dienone is 2. The van der Waals surface area contributed by atoms with E-state index in [1.54, 1.807) is 17.8 Å². The number of aliphatic hydroxyl groups is 1. The summed E-state index contributed by atoms with van der Waals surface area (Å²) in [7, 11) is 0. The van der Waals surface area contributed by atoms with Crippen LogP contribution in [0, 0.1) is 5.92 Å². The number of hydrogen-bond acceptors (Lipinski definition) is 4. The van der Waals surface area contributed by atoms with Crippen molar-refractivity contribution in [3.05, 3.63) is 74.7 Å². The first-order valence-corrected chi connectivity index (χ1v) is 13.0. The highest BCUT2D eigenvalue weighted by Gasteiger charge is 2.12. The van der Waals surface area contributed by atoms with Gasteiger partial charge in [-0.2, -0.15) is 0 Å². The molecule has 2 rings (SSSR count). The second-order valence-electron chi connectivity index (χ2n) is 7.99. The van der Waals surface area contributed by atoms with Gasteiger partial charge in [0, 0.05) is 32.2 Å². The summed E-state index contributed by atoms with van der Waals surface area (Å²) in [5, 5.41) is 10.5. The van der Waals surface area contributed by atoms with Crippen molar-refractivity contribution in [2.24, 2.45) is 10.9 Å². The molecule has 0 aromatic heterocycles. The van der Waals surface area contributed by atoms with Gasteiger partial charge in [-0.15, -0.1) is 0 Å². The predicted octanol–water partition coefficient (Wildman–Crippen LogP) is 8.82. The first kappa shape index (κ1) is 29.7. The van der Waals surface area contributed by atoms with Crippen molar-refractivity contribution in [1.29, 1.82) is 0 Å². The van der Waals surface area contributed by atoms with Crippen molar-refractivity contribution in [1.82, 2.24) is 0 Å². The van der Waals surface area contributed by atoms with E-state index in [1.807, 2.05) is 42.5 Å². The third-order valence-electron chi connectivity index (χ3n) is 4.30. The average molecular weight is 511 g/mol. The van der Waals surface area contributed by atoms with Crippen LogP contribution < -0.4 is 0 Å². The van der Waals surface area contributed by atoms with E-state index in [0.717, 1.165) is 26.8 Å². The van der Waals surface area contributed by atoms with E-state index in [2.05, 4.69) is 34.6 Å². The zero-order chi connectivity index (χ0) is 24.6. The summed E-state index contributed by atoms with van der Waals surface area (Å²) in [5.74, 6) is 0.241. The summed E-state index contributed by atoms with van der Waals surface area (Å²) >= 11 is 13.9. The van der Waals surface area contributed by atoms with Gasteiger partial charge in [0.05, 0.1) is 18.9 Å². The minimum atomic E-state index is 0.132. The zero-order valence-corrected chi connectivity index (χ0v) is 22.7. The molecule has 0 bridgehead atoms. The minimum absolute atomic E-state index is 0.132. The molecule has 33 heavy (non-hydrogen) atoms. The molecule has 6 heteroatoms. The van der Waals surface area contributed by atoms with Crippen LogP contribution in [0.4, 0.5) is 0 Å². The number of thioether (sulfide) groups is 1. The van der Waals surface area contributed by atoms with E-state index in [9.17, 15) is 5.11 Å². The number of aliphatic hydroxyl groups excluding tert-OH is 1. The molecule has 0 aliphatic carbocycles. The van der Waals surface area contributed by atoms with Gasteiger partial charge in [-0.25, -0.2) is 0 Å². The Kier molecular flexibility index (Phi) is 15.5. The molecule has 0 heterocycles. The predicted molar refractivity (Wildman–Crippen MR) is 146 cm³/mol. The molecular weight excluding hydrogens is 473 g/mol. The van der Waals surface area contributed by atoms with Crippen LogP contribution in [0.2, 0.25) is 10.0 Å². The molecule has 182 valence electrons. The number of halogens is 2. The highest BCUT2D eigenvalue weighted by atomic mass is 35.5. The standard InChI is InChI=1S/C24H29Cl2NO2S.C3H8/c1-17(2)24(18(3)30-23-13-20(25)12-21(26)14-23)27-22(10-7-11-28)16-29-15-19-8-5-4-6-9-19;1-3-2/h4-6,8-9,12-14,17,28H,7,10-11,15-16H2,1-3H3;3H2,1-2H3/b24-18+,27-22?;. The third-order valence-corrected chi connectivity index (χ3v) is 5.72. The molecule has 0 unspecified atom stereocenters. The molecule has 1 N–H and O–H groups in total. The molecule has 0 aliphatic heterocycles. The first-order valence-electron chi connectivity index (χ1n) is 11.4. The third kappa shape index (κ3) is 12.7. The van der Waals surface area contributed by atoms with Crippen LogP contribution in [0.5, 0.6) is 0 Å². The van der Waals surface area contributed by atoms with E-state index in [1.165, 1.54) is 6.42 Å². The largest absolute Gasteiger partial charge is 0.396 e. The fourth-order valence-corrected chi connectivity index (χ4v) is 4.67. The molecule has 0 radical (unpaired) electrons. The van der Waals surface area contributed by atoms with E-state index in [-0.39, 0.29) is 12.5 Å². The highest BCUT2D eigenvalue weighted by molar-refractivity contribution is 8.03. The number of rotatable bonds is 11. The molecule has 0 saturated heterocycles. The lowest BCUT2D eigenvalue weighted by molar-refractivity contribution is 0.156.